The Hall–Kier alpha value is -3.02. The molecule has 0 unspecified atom stereocenters. The number of aryl methyl sites for hydroxylation is 1. The normalized spacial score (nSPS) is 10.9. The third-order valence-corrected chi connectivity index (χ3v) is 3.87. The molecule has 0 aliphatic carbocycles. The highest BCUT2D eigenvalue weighted by Crippen LogP contribution is 2.23. The molecule has 0 amide bonds. The van der Waals surface area contributed by atoms with Gasteiger partial charge in [0.1, 0.15) is 12.1 Å². The molecule has 3 rings (SSSR count). The molecule has 1 heterocycles. The summed E-state index contributed by atoms with van der Waals surface area (Å²) in [6, 6.07) is 13.4. The second-order valence-corrected chi connectivity index (χ2v) is 6.31. The van der Waals surface area contributed by atoms with Gasteiger partial charge in [0.25, 0.3) is 0 Å². The lowest BCUT2D eigenvalue weighted by Gasteiger charge is -2.11. The first-order valence-electron chi connectivity index (χ1n) is 8.16. The number of ether oxygens (including phenoxy) is 1. The Labute approximate surface area is 146 Å². The van der Waals surface area contributed by atoms with Gasteiger partial charge >= 0.3 is 5.97 Å². The largest absolute Gasteiger partial charge is 0.426 e. The van der Waals surface area contributed by atoms with E-state index in [1.807, 2.05) is 43.3 Å². The molecule has 6 heteroatoms. The number of carbonyl (C=O) groups is 1. The summed E-state index contributed by atoms with van der Waals surface area (Å²) in [5.74, 6) is 0.700. The lowest BCUT2D eigenvalue weighted by molar-refractivity contribution is -0.133. The fourth-order valence-electron chi connectivity index (χ4n) is 2.55. The highest BCUT2D eigenvalue weighted by atomic mass is 16.5. The molecule has 1 aromatic heterocycles. The average Bonchev–Trinajstić information content (AvgIpc) is 3.09. The summed E-state index contributed by atoms with van der Waals surface area (Å²) in [7, 11) is 0. The Morgan fingerprint density at radius 1 is 1.16 bits per heavy atom. The van der Waals surface area contributed by atoms with Crippen molar-refractivity contribution in [3.05, 3.63) is 65.5 Å². The molecule has 0 spiro atoms. The highest BCUT2D eigenvalue weighted by molar-refractivity contribution is 5.75. The maximum atomic E-state index is 12.2. The maximum Gasteiger partial charge on any atom is 0.315 e. The van der Waals surface area contributed by atoms with Crippen molar-refractivity contribution in [1.29, 1.82) is 0 Å². The molecule has 0 radical (unpaired) electrons. The standard InChI is InChI=1S/C19H20N4O2/c1-13(2)16-8-14(3)9-18(11-16)25-19(24)10-15-4-6-17(7-5-15)23-12-20-21-22-23/h4-9,11-13H,10H2,1-3H3. The number of hydrogen-bond acceptors (Lipinski definition) is 5. The number of tetrazole rings is 1. The SMILES string of the molecule is Cc1cc(OC(=O)Cc2ccc(-n3cnnn3)cc2)cc(C(C)C)c1. The van der Waals surface area contributed by atoms with Gasteiger partial charge in [-0.1, -0.05) is 32.0 Å². The van der Waals surface area contributed by atoms with E-state index in [-0.39, 0.29) is 12.4 Å². The van der Waals surface area contributed by atoms with E-state index in [4.69, 9.17) is 4.74 Å². The van der Waals surface area contributed by atoms with Crippen LogP contribution in [0.15, 0.2) is 48.8 Å². The van der Waals surface area contributed by atoms with Gasteiger partial charge < -0.3 is 4.74 Å². The summed E-state index contributed by atoms with van der Waals surface area (Å²) in [6.45, 7) is 6.24. The first-order chi connectivity index (χ1) is 12.0. The van der Waals surface area contributed by atoms with E-state index < -0.39 is 0 Å². The summed E-state index contributed by atoms with van der Waals surface area (Å²) < 4.78 is 7.07. The van der Waals surface area contributed by atoms with Gasteiger partial charge in [-0.3, -0.25) is 4.79 Å². The van der Waals surface area contributed by atoms with Crippen LogP contribution in [0.1, 0.15) is 36.5 Å². The number of carbonyl (C=O) groups excluding carboxylic acids is 1. The van der Waals surface area contributed by atoms with Crippen LogP contribution in [-0.4, -0.2) is 26.2 Å². The van der Waals surface area contributed by atoms with Crippen molar-refractivity contribution in [2.45, 2.75) is 33.1 Å². The predicted octanol–water partition coefficient (Wildman–Crippen LogP) is 3.24. The lowest BCUT2D eigenvalue weighted by atomic mass is 10.0. The van der Waals surface area contributed by atoms with Crippen molar-refractivity contribution in [2.24, 2.45) is 0 Å². The van der Waals surface area contributed by atoms with Crippen LogP contribution in [-0.2, 0) is 11.2 Å². The number of nitrogens with zero attached hydrogens (tertiary/aromatic N) is 4. The summed E-state index contributed by atoms with van der Waals surface area (Å²) >= 11 is 0. The van der Waals surface area contributed by atoms with Crippen LogP contribution in [0.25, 0.3) is 5.69 Å². The second kappa shape index (κ2) is 7.25. The van der Waals surface area contributed by atoms with E-state index in [1.54, 1.807) is 4.68 Å². The number of hydrogen-bond donors (Lipinski definition) is 0. The van der Waals surface area contributed by atoms with Gasteiger partial charge in [0, 0.05) is 0 Å². The van der Waals surface area contributed by atoms with E-state index in [0.717, 1.165) is 22.4 Å². The molecule has 0 saturated carbocycles. The quantitative estimate of drug-likeness (QED) is 0.528. The molecule has 0 aliphatic heterocycles. The summed E-state index contributed by atoms with van der Waals surface area (Å²) in [5, 5.41) is 11.0. The van der Waals surface area contributed by atoms with E-state index in [2.05, 4.69) is 35.4 Å². The zero-order valence-electron chi connectivity index (χ0n) is 14.5. The lowest BCUT2D eigenvalue weighted by Crippen LogP contribution is -2.11. The molecule has 0 fully saturated rings. The fraction of sp³-hybridized carbons (Fsp3) is 0.263. The Morgan fingerprint density at radius 3 is 2.56 bits per heavy atom. The molecular weight excluding hydrogens is 316 g/mol. The Kier molecular flexibility index (Phi) is 4.88. The van der Waals surface area contributed by atoms with Crippen molar-refractivity contribution in [3.8, 4) is 11.4 Å². The van der Waals surface area contributed by atoms with Gasteiger partial charge in [-0.25, -0.2) is 4.68 Å². The van der Waals surface area contributed by atoms with Gasteiger partial charge in [-0.05, 0) is 64.2 Å². The monoisotopic (exact) mass is 336 g/mol. The first kappa shape index (κ1) is 16.8. The van der Waals surface area contributed by atoms with Crippen molar-refractivity contribution >= 4 is 5.97 Å². The van der Waals surface area contributed by atoms with Crippen LogP contribution < -0.4 is 4.74 Å². The summed E-state index contributed by atoms with van der Waals surface area (Å²) in [5.41, 5.74) is 3.95. The third kappa shape index (κ3) is 4.29. The summed E-state index contributed by atoms with van der Waals surface area (Å²) in [4.78, 5) is 12.2. The van der Waals surface area contributed by atoms with Crippen LogP contribution >= 0.6 is 0 Å². The van der Waals surface area contributed by atoms with Crippen molar-refractivity contribution in [3.63, 3.8) is 0 Å². The minimum absolute atomic E-state index is 0.209. The zero-order valence-corrected chi connectivity index (χ0v) is 14.5. The average molecular weight is 336 g/mol. The van der Waals surface area contributed by atoms with E-state index >= 15 is 0 Å². The van der Waals surface area contributed by atoms with Crippen LogP contribution in [0.4, 0.5) is 0 Å². The highest BCUT2D eigenvalue weighted by Gasteiger charge is 2.10. The number of rotatable bonds is 5. The number of aromatic nitrogens is 4. The maximum absolute atomic E-state index is 12.2. The Morgan fingerprint density at radius 2 is 1.92 bits per heavy atom. The predicted molar refractivity (Wildman–Crippen MR) is 93.8 cm³/mol. The third-order valence-electron chi connectivity index (χ3n) is 3.87. The molecule has 0 aliphatic rings. The topological polar surface area (TPSA) is 69.9 Å². The molecule has 128 valence electrons. The molecular formula is C19H20N4O2. The van der Waals surface area contributed by atoms with Gasteiger partial charge in [-0.15, -0.1) is 5.10 Å². The molecule has 0 saturated heterocycles. The van der Waals surface area contributed by atoms with Crippen LogP contribution in [0, 0.1) is 6.92 Å². The smallest absolute Gasteiger partial charge is 0.315 e. The number of benzene rings is 2. The molecule has 2 aromatic carbocycles. The van der Waals surface area contributed by atoms with Crippen molar-refractivity contribution in [2.75, 3.05) is 0 Å². The molecule has 0 bridgehead atoms. The van der Waals surface area contributed by atoms with E-state index in [0.29, 0.717) is 11.7 Å². The van der Waals surface area contributed by atoms with Crippen LogP contribution in [0.5, 0.6) is 5.75 Å². The van der Waals surface area contributed by atoms with Gasteiger partial charge in [0.05, 0.1) is 12.1 Å². The van der Waals surface area contributed by atoms with E-state index in [9.17, 15) is 4.79 Å². The molecule has 3 aromatic rings. The summed E-state index contributed by atoms with van der Waals surface area (Å²) in [6.07, 6.45) is 1.73. The minimum atomic E-state index is -0.282. The Bertz CT molecular complexity index is 856. The first-order valence-corrected chi connectivity index (χ1v) is 8.16. The van der Waals surface area contributed by atoms with Crippen LogP contribution in [0.2, 0.25) is 0 Å². The van der Waals surface area contributed by atoms with Crippen LogP contribution in [0.3, 0.4) is 0 Å². The molecule has 0 N–H and O–H groups in total. The minimum Gasteiger partial charge on any atom is -0.426 e. The zero-order chi connectivity index (χ0) is 17.8. The second-order valence-electron chi connectivity index (χ2n) is 6.31. The van der Waals surface area contributed by atoms with Gasteiger partial charge in [0.2, 0.25) is 0 Å². The van der Waals surface area contributed by atoms with Crippen molar-refractivity contribution < 1.29 is 9.53 Å². The molecule has 6 nitrogen and oxygen atoms in total. The fourth-order valence-corrected chi connectivity index (χ4v) is 2.55. The molecule has 0 atom stereocenters. The Balaban J connectivity index is 1.66. The van der Waals surface area contributed by atoms with Gasteiger partial charge in [-0.2, -0.15) is 0 Å². The van der Waals surface area contributed by atoms with E-state index in [1.165, 1.54) is 6.33 Å². The van der Waals surface area contributed by atoms with Gasteiger partial charge in [0.15, 0.2) is 0 Å². The van der Waals surface area contributed by atoms with Crippen molar-refractivity contribution in [1.82, 2.24) is 20.2 Å². The molecule has 25 heavy (non-hydrogen) atoms. The number of esters is 1.